The molecule has 0 radical (unpaired) electrons. The third kappa shape index (κ3) is 3.63. The van der Waals surface area contributed by atoms with E-state index in [9.17, 15) is 9.59 Å². The number of rotatable bonds is 5. The van der Waals surface area contributed by atoms with E-state index >= 15 is 0 Å². The first-order chi connectivity index (χ1) is 10.5. The zero-order valence-corrected chi connectivity index (χ0v) is 12.5. The summed E-state index contributed by atoms with van der Waals surface area (Å²) in [4.78, 5) is 24.3. The van der Waals surface area contributed by atoms with Crippen molar-refractivity contribution in [2.45, 2.75) is 19.4 Å². The van der Waals surface area contributed by atoms with Crippen molar-refractivity contribution in [2.24, 2.45) is 10.2 Å². The molecule has 0 aliphatic rings. The van der Waals surface area contributed by atoms with Crippen molar-refractivity contribution in [1.82, 2.24) is 0 Å². The van der Waals surface area contributed by atoms with Crippen LogP contribution in [0.4, 0.5) is 11.4 Å². The van der Waals surface area contributed by atoms with E-state index in [0.29, 0.717) is 11.4 Å². The summed E-state index contributed by atoms with van der Waals surface area (Å²) in [5.74, 6) is -0.883. The summed E-state index contributed by atoms with van der Waals surface area (Å²) in [5, 5.41) is 10.7. The molecular weight excluding hydrogens is 278 g/mol. The van der Waals surface area contributed by atoms with Gasteiger partial charge in [0.15, 0.2) is 5.78 Å². The first-order valence-electron chi connectivity index (χ1n) is 6.88. The smallest absolute Gasteiger partial charge is 0.261 e. The second-order valence-corrected chi connectivity index (χ2v) is 4.98. The zero-order chi connectivity index (χ0) is 16.0. The van der Waals surface area contributed by atoms with Crippen molar-refractivity contribution in [3.63, 3.8) is 0 Å². The first-order valence-corrected chi connectivity index (χ1v) is 6.88. The minimum Gasteiger partial charge on any atom is -0.324 e. The predicted molar refractivity (Wildman–Crippen MR) is 85.1 cm³/mol. The minimum absolute atomic E-state index is 0.374. The van der Waals surface area contributed by atoms with Gasteiger partial charge in [0.05, 0.1) is 5.69 Å². The van der Waals surface area contributed by atoms with Crippen LogP contribution in [0.1, 0.15) is 13.8 Å². The Labute approximate surface area is 129 Å². The maximum Gasteiger partial charge on any atom is 0.261 e. The largest absolute Gasteiger partial charge is 0.324 e. The van der Waals surface area contributed by atoms with E-state index in [2.05, 4.69) is 15.5 Å². The molecule has 5 nitrogen and oxygen atoms in total. The number of hydrogen-bond donors (Lipinski definition) is 1. The van der Waals surface area contributed by atoms with Gasteiger partial charge < -0.3 is 5.32 Å². The Bertz CT molecular complexity index is 684. The lowest BCUT2D eigenvalue weighted by Crippen LogP contribution is -2.44. The topological polar surface area (TPSA) is 70.9 Å². The zero-order valence-electron chi connectivity index (χ0n) is 12.5. The number of amides is 1. The van der Waals surface area contributed by atoms with E-state index in [1.54, 1.807) is 36.4 Å². The number of ketones is 1. The van der Waals surface area contributed by atoms with E-state index in [0.717, 1.165) is 0 Å². The van der Waals surface area contributed by atoms with Crippen LogP contribution in [0.2, 0.25) is 0 Å². The van der Waals surface area contributed by atoms with Crippen molar-refractivity contribution in [2.75, 3.05) is 5.32 Å². The van der Waals surface area contributed by atoms with Crippen molar-refractivity contribution in [3.8, 4) is 0 Å². The molecule has 0 bridgehead atoms. The highest BCUT2D eigenvalue weighted by molar-refractivity contribution is 6.14. The fourth-order valence-electron chi connectivity index (χ4n) is 1.70. The normalized spacial score (nSPS) is 13.5. The Morgan fingerprint density at radius 1 is 0.955 bits per heavy atom. The number of Topliss-reactive ketones (excluding diaryl/α,β-unsaturated/α-hetero) is 1. The minimum atomic E-state index is -1.56. The van der Waals surface area contributed by atoms with E-state index < -0.39 is 11.4 Å². The average molecular weight is 295 g/mol. The number of para-hydroxylation sites is 1. The van der Waals surface area contributed by atoms with Crippen LogP contribution in [0.3, 0.4) is 0 Å². The van der Waals surface area contributed by atoms with Crippen LogP contribution >= 0.6 is 0 Å². The molecule has 1 unspecified atom stereocenters. The van der Waals surface area contributed by atoms with Crippen molar-refractivity contribution < 1.29 is 9.59 Å². The first kappa shape index (κ1) is 15.6. The highest BCUT2D eigenvalue weighted by Crippen LogP contribution is 2.20. The summed E-state index contributed by atoms with van der Waals surface area (Å²) in [6.07, 6.45) is 0. The predicted octanol–water partition coefficient (Wildman–Crippen LogP) is 3.76. The summed E-state index contributed by atoms with van der Waals surface area (Å²) in [6, 6.07) is 17.9. The van der Waals surface area contributed by atoms with Crippen LogP contribution in [0.5, 0.6) is 0 Å². The lowest BCUT2D eigenvalue weighted by molar-refractivity contribution is -0.131. The fourth-order valence-corrected chi connectivity index (χ4v) is 1.70. The molecule has 1 atom stereocenters. The number of carbonyl (C=O) groups excluding carboxylic acids is 2. The van der Waals surface area contributed by atoms with Gasteiger partial charge in [-0.15, -0.1) is 0 Å². The molecule has 5 heteroatoms. The number of carbonyl (C=O) groups is 2. The highest BCUT2D eigenvalue weighted by atomic mass is 16.2. The maximum absolute atomic E-state index is 12.4. The SMILES string of the molecule is CC(=O)C(C)(N=Nc1ccccc1)C(=O)Nc1ccccc1. The summed E-state index contributed by atoms with van der Waals surface area (Å²) < 4.78 is 0. The van der Waals surface area contributed by atoms with E-state index in [4.69, 9.17) is 0 Å². The Hall–Kier alpha value is -2.82. The summed E-state index contributed by atoms with van der Waals surface area (Å²) in [7, 11) is 0. The van der Waals surface area contributed by atoms with Gasteiger partial charge in [0, 0.05) is 5.69 Å². The number of nitrogens with one attached hydrogen (secondary N) is 1. The number of hydrogen-bond acceptors (Lipinski definition) is 4. The third-order valence-electron chi connectivity index (χ3n) is 3.28. The van der Waals surface area contributed by atoms with Crippen molar-refractivity contribution >= 4 is 23.1 Å². The van der Waals surface area contributed by atoms with Crippen molar-refractivity contribution in [1.29, 1.82) is 0 Å². The fraction of sp³-hybridized carbons (Fsp3) is 0.176. The van der Waals surface area contributed by atoms with Gasteiger partial charge in [-0.25, -0.2) is 0 Å². The summed E-state index contributed by atoms with van der Waals surface area (Å²) >= 11 is 0. The number of benzene rings is 2. The third-order valence-corrected chi connectivity index (χ3v) is 3.28. The Balaban J connectivity index is 2.22. The standard InChI is InChI=1S/C17H17N3O2/c1-13(21)17(2,20-19-15-11-7-4-8-12-15)16(22)18-14-9-5-3-6-10-14/h3-12H,1-2H3,(H,18,22). The molecule has 0 saturated heterocycles. The van der Waals surface area contributed by atoms with Crippen LogP contribution in [-0.2, 0) is 9.59 Å². The molecule has 0 fully saturated rings. The molecule has 112 valence electrons. The molecule has 0 aromatic heterocycles. The molecule has 1 amide bonds. The molecule has 2 rings (SSSR count). The van der Waals surface area contributed by atoms with Gasteiger partial charge in [0.25, 0.3) is 5.91 Å². The molecule has 0 saturated carbocycles. The average Bonchev–Trinajstić information content (AvgIpc) is 2.54. The highest BCUT2D eigenvalue weighted by Gasteiger charge is 2.39. The van der Waals surface area contributed by atoms with Gasteiger partial charge in [-0.1, -0.05) is 36.4 Å². The number of azo groups is 1. The van der Waals surface area contributed by atoms with Gasteiger partial charge in [-0.05, 0) is 38.1 Å². The van der Waals surface area contributed by atoms with Crippen LogP contribution in [0, 0.1) is 0 Å². The molecule has 0 aliphatic carbocycles. The Kier molecular flexibility index (Phi) is 4.78. The summed E-state index contributed by atoms with van der Waals surface area (Å²) in [5.41, 5.74) is -0.372. The second kappa shape index (κ2) is 6.76. The van der Waals surface area contributed by atoms with Crippen LogP contribution in [0.25, 0.3) is 0 Å². The molecule has 22 heavy (non-hydrogen) atoms. The van der Waals surface area contributed by atoms with Gasteiger partial charge >= 0.3 is 0 Å². The lowest BCUT2D eigenvalue weighted by atomic mass is 9.97. The molecule has 0 aliphatic heterocycles. The van der Waals surface area contributed by atoms with Crippen LogP contribution in [-0.4, -0.2) is 17.2 Å². The van der Waals surface area contributed by atoms with Gasteiger partial charge in [0.1, 0.15) is 0 Å². The maximum atomic E-state index is 12.4. The van der Waals surface area contributed by atoms with Crippen molar-refractivity contribution in [3.05, 3.63) is 60.7 Å². The second-order valence-electron chi connectivity index (χ2n) is 4.98. The Morgan fingerprint density at radius 3 is 2.05 bits per heavy atom. The molecule has 2 aromatic rings. The van der Waals surface area contributed by atoms with Gasteiger partial charge in [-0.3, -0.25) is 9.59 Å². The van der Waals surface area contributed by atoms with Crippen LogP contribution < -0.4 is 5.32 Å². The molecule has 1 N–H and O–H groups in total. The lowest BCUT2D eigenvalue weighted by Gasteiger charge is -2.19. The summed E-state index contributed by atoms with van der Waals surface area (Å²) in [6.45, 7) is 2.79. The van der Waals surface area contributed by atoms with Gasteiger partial charge in [0.2, 0.25) is 5.54 Å². The van der Waals surface area contributed by atoms with Crippen LogP contribution in [0.15, 0.2) is 70.9 Å². The van der Waals surface area contributed by atoms with E-state index in [1.165, 1.54) is 13.8 Å². The monoisotopic (exact) mass is 295 g/mol. The molecular formula is C17H17N3O2. The molecule has 0 heterocycles. The number of nitrogens with zero attached hydrogens (tertiary/aromatic N) is 2. The van der Waals surface area contributed by atoms with Gasteiger partial charge in [-0.2, -0.15) is 10.2 Å². The molecule has 2 aromatic carbocycles. The van der Waals surface area contributed by atoms with E-state index in [-0.39, 0.29) is 5.78 Å². The Morgan fingerprint density at radius 2 is 1.50 bits per heavy atom. The quantitative estimate of drug-likeness (QED) is 0.674. The van der Waals surface area contributed by atoms with E-state index in [1.807, 2.05) is 24.3 Å². The molecule has 0 spiro atoms. The number of anilines is 1.